The van der Waals surface area contributed by atoms with E-state index in [1.54, 1.807) is 0 Å². The zero-order chi connectivity index (χ0) is 8.72. The standard InChI is InChI=1S/C9H9BrN2/c1-6-8-4-3-5-9(10)12(8)7(2)11-6/h3-5H,1-2H3. The van der Waals surface area contributed by atoms with E-state index in [4.69, 9.17) is 0 Å². The monoisotopic (exact) mass is 224 g/mol. The van der Waals surface area contributed by atoms with Crippen LogP contribution in [-0.4, -0.2) is 9.38 Å². The van der Waals surface area contributed by atoms with Gasteiger partial charge in [-0.15, -0.1) is 0 Å². The van der Waals surface area contributed by atoms with Crippen molar-refractivity contribution in [1.82, 2.24) is 9.38 Å². The third kappa shape index (κ3) is 0.966. The second-order valence-corrected chi connectivity index (χ2v) is 3.63. The van der Waals surface area contributed by atoms with E-state index in [1.807, 2.05) is 26.0 Å². The van der Waals surface area contributed by atoms with E-state index in [2.05, 4.69) is 31.4 Å². The number of halogens is 1. The Bertz CT molecular complexity index is 431. The zero-order valence-electron chi connectivity index (χ0n) is 7.00. The Balaban J connectivity index is 2.99. The normalized spacial score (nSPS) is 10.9. The molecule has 2 heterocycles. The lowest BCUT2D eigenvalue weighted by Crippen LogP contribution is -1.88. The fourth-order valence-corrected chi connectivity index (χ4v) is 2.04. The lowest BCUT2D eigenvalue weighted by molar-refractivity contribution is 1.02. The Morgan fingerprint density at radius 3 is 2.75 bits per heavy atom. The second kappa shape index (κ2) is 2.59. The van der Waals surface area contributed by atoms with E-state index >= 15 is 0 Å². The van der Waals surface area contributed by atoms with Crippen molar-refractivity contribution in [3.8, 4) is 0 Å². The average molecular weight is 225 g/mol. The first kappa shape index (κ1) is 7.80. The van der Waals surface area contributed by atoms with E-state index in [0.29, 0.717) is 0 Å². The summed E-state index contributed by atoms with van der Waals surface area (Å²) in [6.45, 7) is 4.03. The van der Waals surface area contributed by atoms with Crippen molar-refractivity contribution in [2.75, 3.05) is 0 Å². The van der Waals surface area contributed by atoms with Crippen molar-refractivity contribution in [2.45, 2.75) is 13.8 Å². The van der Waals surface area contributed by atoms with Crippen molar-refractivity contribution >= 4 is 21.4 Å². The van der Waals surface area contributed by atoms with E-state index in [-0.39, 0.29) is 0 Å². The van der Waals surface area contributed by atoms with Crippen LogP contribution in [0.2, 0.25) is 0 Å². The summed E-state index contributed by atoms with van der Waals surface area (Å²) in [5, 5.41) is 0. The molecule has 12 heavy (non-hydrogen) atoms. The topological polar surface area (TPSA) is 17.3 Å². The number of imidazole rings is 1. The molecule has 2 aromatic heterocycles. The van der Waals surface area contributed by atoms with Gasteiger partial charge < -0.3 is 0 Å². The highest BCUT2D eigenvalue weighted by Crippen LogP contribution is 2.18. The maximum atomic E-state index is 4.38. The molecule has 2 nitrogen and oxygen atoms in total. The van der Waals surface area contributed by atoms with E-state index in [0.717, 1.165) is 16.1 Å². The third-order valence-electron chi connectivity index (χ3n) is 1.97. The van der Waals surface area contributed by atoms with Gasteiger partial charge in [-0.25, -0.2) is 4.98 Å². The van der Waals surface area contributed by atoms with E-state index < -0.39 is 0 Å². The number of nitrogens with zero attached hydrogens (tertiary/aromatic N) is 2. The number of aryl methyl sites for hydroxylation is 2. The van der Waals surface area contributed by atoms with Gasteiger partial charge in [0.05, 0.1) is 15.8 Å². The summed E-state index contributed by atoms with van der Waals surface area (Å²) >= 11 is 3.48. The first-order chi connectivity index (χ1) is 5.70. The van der Waals surface area contributed by atoms with Crippen molar-refractivity contribution in [2.24, 2.45) is 0 Å². The molecule has 62 valence electrons. The van der Waals surface area contributed by atoms with Crippen LogP contribution in [0.4, 0.5) is 0 Å². The molecule has 0 N–H and O–H groups in total. The van der Waals surface area contributed by atoms with Crippen LogP contribution in [0.3, 0.4) is 0 Å². The Morgan fingerprint density at radius 2 is 2.08 bits per heavy atom. The molecule has 0 spiro atoms. The molecule has 0 aliphatic heterocycles. The molecule has 0 unspecified atom stereocenters. The summed E-state index contributed by atoms with van der Waals surface area (Å²) < 4.78 is 3.15. The van der Waals surface area contributed by atoms with Crippen molar-refractivity contribution < 1.29 is 0 Å². The second-order valence-electron chi connectivity index (χ2n) is 2.81. The van der Waals surface area contributed by atoms with Gasteiger partial charge in [0.2, 0.25) is 0 Å². The highest BCUT2D eigenvalue weighted by atomic mass is 79.9. The largest absolute Gasteiger partial charge is 0.290 e. The summed E-state index contributed by atoms with van der Waals surface area (Å²) in [5.41, 5.74) is 2.25. The number of hydrogen-bond donors (Lipinski definition) is 0. The molecule has 0 aliphatic carbocycles. The maximum Gasteiger partial charge on any atom is 0.111 e. The molecule has 0 radical (unpaired) electrons. The summed E-state index contributed by atoms with van der Waals surface area (Å²) in [6.07, 6.45) is 0. The van der Waals surface area contributed by atoms with Crippen LogP contribution in [-0.2, 0) is 0 Å². The zero-order valence-corrected chi connectivity index (χ0v) is 8.59. The summed E-state index contributed by atoms with van der Waals surface area (Å²) in [5.74, 6) is 1.02. The summed E-state index contributed by atoms with van der Waals surface area (Å²) in [4.78, 5) is 4.38. The Morgan fingerprint density at radius 1 is 1.33 bits per heavy atom. The maximum absolute atomic E-state index is 4.38. The minimum atomic E-state index is 1.02. The van der Waals surface area contributed by atoms with Gasteiger partial charge in [0.1, 0.15) is 5.82 Å². The molecule has 2 aromatic rings. The molecule has 2 rings (SSSR count). The van der Waals surface area contributed by atoms with Crippen LogP contribution in [0, 0.1) is 13.8 Å². The van der Waals surface area contributed by atoms with Gasteiger partial charge in [0, 0.05) is 0 Å². The lowest BCUT2D eigenvalue weighted by atomic mass is 10.3. The van der Waals surface area contributed by atoms with Gasteiger partial charge in [-0.2, -0.15) is 0 Å². The quantitative estimate of drug-likeness (QED) is 0.630. The SMILES string of the molecule is Cc1nc(C)n2c(Br)cccc12. The Labute approximate surface area is 79.4 Å². The fraction of sp³-hybridized carbons (Fsp3) is 0.222. The molecule has 0 saturated heterocycles. The Kier molecular flexibility index (Phi) is 1.68. The van der Waals surface area contributed by atoms with Crippen LogP contribution in [0.1, 0.15) is 11.5 Å². The molecule has 0 aromatic carbocycles. The van der Waals surface area contributed by atoms with Crippen molar-refractivity contribution in [1.29, 1.82) is 0 Å². The first-order valence-corrected chi connectivity index (χ1v) is 4.59. The fourth-order valence-electron chi connectivity index (χ4n) is 1.44. The molecular weight excluding hydrogens is 216 g/mol. The number of pyridine rings is 1. The van der Waals surface area contributed by atoms with Crippen LogP contribution >= 0.6 is 15.9 Å². The number of rotatable bonds is 0. The molecular formula is C9H9BrN2. The Hall–Kier alpha value is -0.830. The predicted octanol–water partition coefficient (Wildman–Crippen LogP) is 2.71. The highest BCUT2D eigenvalue weighted by Gasteiger charge is 2.04. The van der Waals surface area contributed by atoms with E-state index in [1.165, 1.54) is 5.52 Å². The minimum absolute atomic E-state index is 1.02. The van der Waals surface area contributed by atoms with Gasteiger partial charge >= 0.3 is 0 Å². The summed E-state index contributed by atoms with van der Waals surface area (Å²) in [7, 11) is 0. The molecule has 3 heteroatoms. The first-order valence-electron chi connectivity index (χ1n) is 3.80. The number of hydrogen-bond acceptors (Lipinski definition) is 1. The molecule has 0 amide bonds. The molecule has 0 aliphatic rings. The predicted molar refractivity (Wildman–Crippen MR) is 52.4 cm³/mol. The van der Waals surface area contributed by atoms with E-state index in [9.17, 15) is 0 Å². The van der Waals surface area contributed by atoms with Crippen molar-refractivity contribution in [3.63, 3.8) is 0 Å². The molecule has 0 bridgehead atoms. The summed E-state index contributed by atoms with van der Waals surface area (Å²) in [6, 6.07) is 6.11. The van der Waals surface area contributed by atoms with Gasteiger partial charge in [0.15, 0.2) is 0 Å². The highest BCUT2D eigenvalue weighted by molar-refractivity contribution is 9.10. The van der Waals surface area contributed by atoms with Gasteiger partial charge in [-0.05, 0) is 41.9 Å². The van der Waals surface area contributed by atoms with Crippen LogP contribution in [0.5, 0.6) is 0 Å². The van der Waals surface area contributed by atoms with Gasteiger partial charge in [-0.1, -0.05) is 6.07 Å². The molecule has 0 fully saturated rings. The smallest absolute Gasteiger partial charge is 0.111 e. The van der Waals surface area contributed by atoms with Crippen LogP contribution < -0.4 is 0 Å². The lowest BCUT2D eigenvalue weighted by Gasteiger charge is -1.98. The number of fused-ring (bicyclic) bond motifs is 1. The number of aromatic nitrogens is 2. The van der Waals surface area contributed by atoms with Crippen LogP contribution in [0.15, 0.2) is 22.8 Å². The van der Waals surface area contributed by atoms with Crippen molar-refractivity contribution in [3.05, 3.63) is 34.3 Å². The van der Waals surface area contributed by atoms with Gasteiger partial charge in [-0.3, -0.25) is 4.40 Å². The molecule has 0 saturated carbocycles. The van der Waals surface area contributed by atoms with Gasteiger partial charge in [0.25, 0.3) is 0 Å². The molecule has 0 atom stereocenters. The average Bonchev–Trinajstić information content (AvgIpc) is 2.29. The third-order valence-corrected chi connectivity index (χ3v) is 2.59. The minimum Gasteiger partial charge on any atom is -0.290 e. The van der Waals surface area contributed by atoms with Crippen LogP contribution in [0.25, 0.3) is 5.52 Å².